The Balaban J connectivity index is 1.17. The topological polar surface area (TPSA) is 84.9 Å². The summed E-state index contributed by atoms with van der Waals surface area (Å²) in [6, 6.07) is 60.7. The van der Waals surface area contributed by atoms with Gasteiger partial charge in [-0.2, -0.15) is 5.26 Å². The molecule has 8 aromatic carbocycles. The van der Waals surface area contributed by atoms with Gasteiger partial charge in [-0.15, -0.1) is 0 Å². The van der Waals surface area contributed by atoms with E-state index in [1.54, 1.807) is 0 Å². The van der Waals surface area contributed by atoms with Crippen LogP contribution < -0.4 is 0 Å². The number of nitriles is 1. The lowest BCUT2D eigenvalue weighted by atomic mass is 10.00. The van der Waals surface area contributed by atoms with Crippen LogP contribution in [0.2, 0.25) is 0 Å². The summed E-state index contributed by atoms with van der Waals surface area (Å²) in [6.07, 6.45) is 0. The Morgan fingerprint density at radius 2 is 1.03 bits per heavy atom. The van der Waals surface area contributed by atoms with Gasteiger partial charge in [-0.1, -0.05) is 140 Å². The molecule has 0 radical (unpaired) electrons. The molecule has 0 N–H and O–H groups in total. The zero-order chi connectivity index (χ0) is 38.8. The fraction of sp³-hybridized carbons (Fsp3) is 0. The summed E-state index contributed by atoms with van der Waals surface area (Å²) in [7, 11) is 0. The minimum atomic E-state index is 0.367. The molecule has 0 atom stereocenters. The fourth-order valence-corrected chi connectivity index (χ4v) is 9.51. The molecule has 59 heavy (non-hydrogen) atoms. The van der Waals surface area contributed by atoms with Crippen molar-refractivity contribution in [3.63, 3.8) is 0 Å². The Morgan fingerprint density at radius 3 is 1.76 bits per heavy atom. The lowest BCUT2D eigenvalue weighted by Crippen LogP contribution is -2.03. The minimum Gasteiger partial charge on any atom is -0.455 e. The molecule has 0 spiro atoms. The Bertz CT molecular complexity index is 3850. The lowest BCUT2D eigenvalue weighted by molar-refractivity contribution is 0.669. The third-order valence-corrected chi connectivity index (χ3v) is 11.9. The molecule has 0 fully saturated rings. The van der Waals surface area contributed by atoms with Crippen molar-refractivity contribution in [2.24, 2.45) is 0 Å². The molecule has 0 saturated heterocycles. The molecule has 0 unspecified atom stereocenters. The minimum absolute atomic E-state index is 0.367. The summed E-state index contributed by atoms with van der Waals surface area (Å²) in [5.41, 5.74) is 10.3. The highest BCUT2D eigenvalue weighted by Gasteiger charge is 2.28. The zero-order valence-corrected chi connectivity index (χ0v) is 31.3. The van der Waals surface area contributed by atoms with Crippen molar-refractivity contribution < 1.29 is 4.42 Å². The molecule has 0 aliphatic heterocycles. The first-order valence-electron chi connectivity index (χ1n) is 19.6. The number of nitrogens with zero attached hydrogens (tertiary/aromatic N) is 6. The number of furan rings is 1. The van der Waals surface area contributed by atoms with Crippen LogP contribution in [0.25, 0.3) is 122 Å². The van der Waals surface area contributed by atoms with Gasteiger partial charge < -0.3 is 13.4 Å². The number of rotatable bonds is 4. The number of para-hydroxylation sites is 4. The molecule has 13 aromatic rings. The summed E-state index contributed by atoms with van der Waals surface area (Å²) in [4.78, 5) is 15.1. The first-order chi connectivity index (χ1) is 29.2. The molecule has 13 rings (SSSR count). The van der Waals surface area contributed by atoms with Crippen molar-refractivity contribution in [2.45, 2.75) is 0 Å². The van der Waals surface area contributed by atoms with Crippen LogP contribution in [0.4, 0.5) is 0 Å². The van der Waals surface area contributed by atoms with Gasteiger partial charge in [-0.25, -0.2) is 15.0 Å². The van der Waals surface area contributed by atoms with Crippen LogP contribution in [-0.2, 0) is 0 Å². The zero-order valence-electron chi connectivity index (χ0n) is 31.3. The number of aromatic nitrogens is 5. The summed E-state index contributed by atoms with van der Waals surface area (Å²) in [6.45, 7) is 0. The van der Waals surface area contributed by atoms with Gasteiger partial charge in [0, 0.05) is 48.8 Å². The van der Waals surface area contributed by atoms with Crippen LogP contribution >= 0.6 is 0 Å². The Labute approximate surface area is 335 Å². The van der Waals surface area contributed by atoms with E-state index in [0.717, 1.165) is 49.4 Å². The van der Waals surface area contributed by atoms with Crippen molar-refractivity contribution in [2.75, 3.05) is 0 Å². The van der Waals surface area contributed by atoms with Crippen molar-refractivity contribution in [3.8, 4) is 45.9 Å². The van der Waals surface area contributed by atoms with Crippen LogP contribution in [0, 0.1) is 11.3 Å². The van der Waals surface area contributed by atoms with Gasteiger partial charge in [0.15, 0.2) is 17.5 Å². The highest BCUT2D eigenvalue weighted by Crippen LogP contribution is 2.47. The van der Waals surface area contributed by atoms with E-state index in [9.17, 15) is 5.26 Å². The monoisotopic (exact) mass is 752 g/mol. The van der Waals surface area contributed by atoms with Crippen LogP contribution in [0.15, 0.2) is 174 Å². The van der Waals surface area contributed by atoms with Crippen LogP contribution in [-0.4, -0.2) is 23.9 Å². The summed E-state index contributed by atoms with van der Waals surface area (Å²) >= 11 is 0. The van der Waals surface area contributed by atoms with Gasteiger partial charge in [0.1, 0.15) is 17.2 Å². The predicted octanol–water partition coefficient (Wildman–Crippen LogP) is 12.9. The van der Waals surface area contributed by atoms with E-state index >= 15 is 0 Å². The molecule has 0 saturated carbocycles. The predicted molar refractivity (Wildman–Crippen MR) is 237 cm³/mol. The number of hydrogen-bond acceptors (Lipinski definition) is 5. The van der Waals surface area contributed by atoms with Gasteiger partial charge >= 0.3 is 0 Å². The highest BCUT2D eigenvalue weighted by atomic mass is 16.3. The second kappa shape index (κ2) is 11.8. The molecule has 7 nitrogen and oxygen atoms in total. The average molecular weight is 753 g/mol. The molecule has 5 heterocycles. The van der Waals surface area contributed by atoms with Crippen LogP contribution in [0.3, 0.4) is 0 Å². The number of fused-ring (bicyclic) bond motifs is 13. The summed E-state index contributed by atoms with van der Waals surface area (Å²) in [5, 5.41) is 20.1. The molecule has 7 heteroatoms. The molecule has 0 aliphatic carbocycles. The average Bonchev–Trinajstić information content (AvgIpc) is 4.05. The number of benzene rings is 8. The maximum absolute atomic E-state index is 11.1. The van der Waals surface area contributed by atoms with Crippen LogP contribution in [0.1, 0.15) is 5.56 Å². The lowest BCUT2D eigenvalue weighted by Gasteiger charge is -2.14. The highest BCUT2D eigenvalue weighted by molar-refractivity contribution is 6.31. The molecule has 5 aromatic heterocycles. The summed E-state index contributed by atoms with van der Waals surface area (Å²) in [5.74, 6) is 1.39. The maximum atomic E-state index is 11.1. The van der Waals surface area contributed by atoms with Gasteiger partial charge in [-0.05, 0) is 30.3 Å². The third-order valence-electron chi connectivity index (χ3n) is 11.9. The molecule has 0 aliphatic rings. The Morgan fingerprint density at radius 1 is 0.458 bits per heavy atom. The third kappa shape index (κ3) is 4.32. The quantitative estimate of drug-likeness (QED) is 0.179. The number of hydrogen-bond donors (Lipinski definition) is 0. The van der Waals surface area contributed by atoms with Gasteiger partial charge in [0.2, 0.25) is 0 Å². The van der Waals surface area contributed by atoms with E-state index in [1.165, 1.54) is 38.1 Å². The standard InChI is InChI=1S/C52H28N6O/c53-29-32-28-42(57-40-24-11-8-19-37(40)45-41(57)27-26-36-35-22-13-21-34-33-18-7-10-23-39(33)58(47(34)35)48(36)45)46-38-20-9-12-25-43(38)59-49(46)44(32)52-55-50(30-14-3-1-4-15-30)54-51(56-52)31-16-5-2-6-17-31/h1-28H. The van der Waals surface area contributed by atoms with E-state index in [0.29, 0.717) is 39.8 Å². The van der Waals surface area contributed by atoms with Crippen molar-refractivity contribution >= 4 is 81.8 Å². The maximum Gasteiger partial charge on any atom is 0.169 e. The smallest absolute Gasteiger partial charge is 0.169 e. The van der Waals surface area contributed by atoms with Crippen molar-refractivity contribution in [1.29, 1.82) is 5.26 Å². The molecular weight excluding hydrogens is 725 g/mol. The van der Waals surface area contributed by atoms with E-state index in [1.807, 2.05) is 84.9 Å². The van der Waals surface area contributed by atoms with Gasteiger partial charge in [0.25, 0.3) is 0 Å². The van der Waals surface area contributed by atoms with E-state index in [4.69, 9.17) is 19.4 Å². The first-order valence-corrected chi connectivity index (χ1v) is 19.6. The molecule has 0 amide bonds. The Hall–Kier alpha value is -8.34. The van der Waals surface area contributed by atoms with Gasteiger partial charge in [-0.3, -0.25) is 0 Å². The molecule has 0 bridgehead atoms. The van der Waals surface area contributed by atoms with E-state index in [-0.39, 0.29) is 0 Å². The fourth-order valence-electron chi connectivity index (χ4n) is 9.51. The second-order valence-corrected chi connectivity index (χ2v) is 15.0. The van der Waals surface area contributed by atoms with E-state index < -0.39 is 0 Å². The van der Waals surface area contributed by atoms with Crippen LogP contribution in [0.5, 0.6) is 0 Å². The van der Waals surface area contributed by atoms with Crippen molar-refractivity contribution in [1.82, 2.24) is 23.9 Å². The Kier molecular flexibility index (Phi) is 6.38. The van der Waals surface area contributed by atoms with Crippen molar-refractivity contribution in [3.05, 3.63) is 175 Å². The molecular formula is C52H28N6O. The first kappa shape index (κ1) is 31.8. The largest absolute Gasteiger partial charge is 0.455 e. The van der Waals surface area contributed by atoms with E-state index in [2.05, 4.69) is 100.0 Å². The normalized spacial score (nSPS) is 12.1. The van der Waals surface area contributed by atoms with Gasteiger partial charge in [0.05, 0.1) is 49.8 Å². The second-order valence-electron chi connectivity index (χ2n) is 15.0. The SMILES string of the molecule is N#Cc1cc(-n2c3ccccc3c3c2ccc2c4cccc5c6ccccc6n(c54)c23)c2c(oc3ccccc32)c1-c1nc(-c2ccccc2)nc(-c2ccccc2)n1. The summed E-state index contributed by atoms with van der Waals surface area (Å²) < 4.78 is 11.6. The molecule has 272 valence electrons.